The van der Waals surface area contributed by atoms with Gasteiger partial charge in [0.2, 0.25) is 0 Å². The molecule has 0 spiro atoms. The summed E-state index contributed by atoms with van der Waals surface area (Å²) in [5, 5.41) is 19.7. The Labute approximate surface area is 228 Å². The van der Waals surface area contributed by atoms with Gasteiger partial charge in [-0.05, 0) is 55.1 Å². The lowest BCUT2D eigenvalue weighted by Gasteiger charge is -2.40. The average Bonchev–Trinajstić information content (AvgIpc) is 3.35. The van der Waals surface area contributed by atoms with E-state index in [9.17, 15) is 19.0 Å². The van der Waals surface area contributed by atoms with Gasteiger partial charge in [-0.3, -0.25) is 18.6 Å². The number of rotatable bonds is 7. The number of aromatic nitrogens is 3. The zero-order valence-electron chi connectivity index (χ0n) is 22.2. The molecule has 11 heteroatoms. The Morgan fingerprint density at radius 1 is 1.05 bits per heavy atom. The number of hydrogen-bond acceptors (Lipinski definition) is 8. The number of fused-ring (bicyclic) bond motifs is 1. The third-order valence-corrected chi connectivity index (χ3v) is 8.28. The first-order chi connectivity index (χ1) is 18.5. The SMILES string of the molecule is COc1cc(C(=O)N2CCS(O)(O)CC2)ccc1Nc1cc2cc(-c3cnn(CC(C)(C)O)c3)ccc2cn1. The van der Waals surface area contributed by atoms with Crippen molar-refractivity contribution in [1.82, 2.24) is 19.7 Å². The van der Waals surface area contributed by atoms with E-state index in [4.69, 9.17) is 4.74 Å². The second-order valence-electron chi connectivity index (χ2n) is 10.4. The van der Waals surface area contributed by atoms with Crippen molar-refractivity contribution in [2.45, 2.75) is 26.0 Å². The van der Waals surface area contributed by atoms with Gasteiger partial charge in [-0.25, -0.2) is 4.98 Å². The number of hydrogen-bond donors (Lipinski definition) is 4. The molecule has 5 rings (SSSR count). The smallest absolute Gasteiger partial charge is 0.254 e. The first-order valence-electron chi connectivity index (χ1n) is 12.6. The average molecular weight is 552 g/mol. The van der Waals surface area contributed by atoms with Gasteiger partial charge in [0, 0.05) is 42.0 Å². The number of nitrogens with one attached hydrogen (secondary N) is 1. The third kappa shape index (κ3) is 6.34. The Morgan fingerprint density at radius 2 is 1.82 bits per heavy atom. The van der Waals surface area contributed by atoms with Crippen LogP contribution in [0.15, 0.2) is 61.1 Å². The fourth-order valence-electron chi connectivity index (χ4n) is 4.56. The lowest BCUT2D eigenvalue weighted by Crippen LogP contribution is -2.42. The van der Waals surface area contributed by atoms with E-state index >= 15 is 0 Å². The highest BCUT2D eigenvalue weighted by molar-refractivity contribution is 8.24. The Bertz CT molecular complexity index is 1500. The zero-order chi connectivity index (χ0) is 27.8. The third-order valence-electron chi connectivity index (χ3n) is 6.61. The highest BCUT2D eigenvalue weighted by Gasteiger charge is 2.26. The number of aliphatic hydroxyl groups is 1. The van der Waals surface area contributed by atoms with Gasteiger partial charge in [0.25, 0.3) is 5.91 Å². The fraction of sp³-hybridized carbons (Fsp3) is 0.321. The molecule has 10 nitrogen and oxygen atoms in total. The standard InChI is InChI=1S/C28H33N5O5S/c1-28(2,35)18-33-17-23(16-30-33)19-4-5-21-15-29-26(14-22(21)12-19)31-24-7-6-20(13-25(24)38-3)27(34)32-8-10-39(36,37)11-9-32/h4-7,12-17,35-37H,8-11,18H2,1-3H3,(H,29,31). The van der Waals surface area contributed by atoms with Gasteiger partial charge in [0.05, 0.1) is 42.6 Å². The minimum atomic E-state index is -2.57. The van der Waals surface area contributed by atoms with E-state index in [1.807, 2.05) is 24.4 Å². The number of methoxy groups -OCH3 is 1. The Kier molecular flexibility index (Phi) is 7.25. The van der Waals surface area contributed by atoms with Crippen LogP contribution in [0.2, 0.25) is 0 Å². The molecular formula is C28H33N5O5S. The quantitative estimate of drug-likeness (QED) is 0.257. The summed E-state index contributed by atoms with van der Waals surface area (Å²) in [7, 11) is -1.03. The molecule has 2 aromatic carbocycles. The molecule has 1 fully saturated rings. The lowest BCUT2D eigenvalue weighted by molar-refractivity contribution is 0.0577. The highest BCUT2D eigenvalue weighted by atomic mass is 32.3. The van der Waals surface area contributed by atoms with Gasteiger partial charge >= 0.3 is 0 Å². The predicted molar refractivity (Wildman–Crippen MR) is 154 cm³/mol. The van der Waals surface area contributed by atoms with Crippen molar-refractivity contribution in [2.24, 2.45) is 0 Å². The molecule has 2 aromatic heterocycles. The van der Waals surface area contributed by atoms with Crippen LogP contribution >= 0.6 is 10.6 Å². The fourth-order valence-corrected chi connectivity index (χ4v) is 5.79. The highest BCUT2D eigenvalue weighted by Crippen LogP contribution is 2.40. The van der Waals surface area contributed by atoms with E-state index in [-0.39, 0.29) is 17.4 Å². The number of pyridine rings is 1. The number of anilines is 2. The van der Waals surface area contributed by atoms with Crippen molar-refractivity contribution in [1.29, 1.82) is 0 Å². The molecule has 206 valence electrons. The van der Waals surface area contributed by atoms with E-state index in [1.165, 1.54) is 0 Å². The minimum Gasteiger partial charge on any atom is -0.495 e. The number of amides is 1. The molecule has 3 heterocycles. The van der Waals surface area contributed by atoms with E-state index in [1.54, 1.807) is 61.1 Å². The van der Waals surface area contributed by atoms with E-state index in [2.05, 4.69) is 21.5 Å². The molecule has 0 unspecified atom stereocenters. The normalized spacial score (nSPS) is 16.2. The van der Waals surface area contributed by atoms with Crippen LogP contribution in [-0.2, 0) is 6.54 Å². The van der Waals surface area contributed by atoms with E-state index in [0.717, 1.165) is 21.9 Å². The molecule has 0 radical (unpaired) electrons. The van der Waals surface area contributed by atoms with Crippen molar-refractivity contribution in [3.8, 4) is 16.9 Å². The number of carbonyl (C=O) groups excluding carboxylic acids is 1. The van der Waals surface area contributed by atoms with Crippen LogP contribution in [0.3, 0.4) is 0 Å². The predicted octanol–water partition coefficient (Wildman–Crippen LogP) is 4.83. The maximum absolute atomic E-state index is 13.0. The van der Waals surface area contributed by atoms with Crippen molar-refractivity contribution < 1.29 is 23.7 Å². The van der Waals surface area contributed by atoms with Crippen molar-refractivity contribution in [3.63, 3.8) is 0 Å². The molecule has 0 bridgehead atoms. The van der Waals surface area contributed by atoms with Crippen LogP contribution in [0.25, 0.3) is 21.9 Å². The summed E-state index contributed by atoms with van der Waals surface area (Å²) in [6.07, 6.45) is 5.50. The second-order valence-corrected chi connectivity index (χ2v) is 12.8. The first-order valence-corrected chi connectivity index (χ1v) is 14.5. The molecule has 1 aliphatic rings. The van der Waals surface area contributed by atoms with Crippen LogP contribution in [0.1, 0.15) is 24.2 Å². The van der Waals surface area contributed by atoms with Gasteiger partial charge < -0.3 is 20.1 Å². The van der Waals surface area contributed by atoms with Crippen LogP contribution in [0.4, 0.5) is 11.5 Å². The van der Waals surface area contributed by atoms with Crippen LogP contribution in [-0.4, -0.2) is 77.1 Å². The Morgan fingerprint density at radius 3 is 2.54 bits per heavy atom. The Balaban J connectivity index is 1.35. The molecule has 1 amide bonds. The monoisotopic (exact) mass is 551 g/mol. The molecule has 4 aromatic rings. The summed E-state index contributed by atoms with van der Waals surface area (Å²) in [6.45, 7) is 4.52. The summed E-state index contributed by atoms with van der Waals surface area (Å²) in [5.41, 5.74) is 2.23. The van der Waals surface area contributed by atoms with Gasteiger partial charge in [-0.2, -0.15) is 15.7 Å². The summed E-state index contributed by atoms with van der Waals surface area (Å²) in [4.78, 5) is 19.2. The van der Waals surface area contributed by atoms with Gasteiger partial charge in [-0.15, -0.1) is 0 Å². The molecule has 39 heavy (non-hydrogen) atoms. The number of carbonyl (C=O) groups is 1. The summed E-state index contributed by atoms with van der Waals surface area (Å²) >= 11 is 0. The second kappa shape index (κ2) is 10.5. The topological polar surface area (TPSA) is 133 Å². The van der Waals surface area contributed by atoms with Crippen LogP contribution < -0.4 is 10.1 Å². The molecule has 0 atom stereocenters. The first kappa shape index (κ1) is 26.9. The van der Waals surface area contributed by atoms with Crippen molar-refractivity contribution >= 4 is 38.8 Å². The van der Waals surface area contributed by atoms with Crippen molar-refractivity contribution in [3.05, 3.63) is 66.6 Å². The van der Waals surface area contributed by atoms with E-state index < -0.39 is 16.2 Å². The summed E-state index contributed by atoms with van der Waals surface area (Å²) < 4.78 is 27.0. The van der Waals surface area contributed by atoms with Crippen LogP contribution in [0.5, 0.6) is 5.75 Å². The minimum absolute atomic E-state index is 0.169. The van der Waals surface area contributed by atoms with Crippen LogP contribution in [0, 0.1) is 0 Å². The number of ether oxygens (including phenoxy) is 1. The van der Waals surface area contributed by atoms with Crippen molar-refractivity contribution in [2.75, 3.05) is 37.0 Å². The van der Waals surface area contributed by atoms with Gasteiger partial charge in [0.15, 0.2) is 0 Å². The molecule has 0 aliphatic carbocycles. The summed E-state index contributed by atoms with van der Waals surface area (Å²) in [6, 6.07) is 13.2. The lowest BCUT2D eigenvalue weighted by atomic mass is 10.0. The number of benzene rings is 2. The summed E-state index contributed by atoms with van der Waals surface area (Å²) in [5.74, 6) is 1.35. The molecule has 1 aliphatic heterocycles. The van der Waals surface area contributed by atoms with Gasteiger partial charge in [-0.1, -0.05) is 12.1 Å². The molecular weight excluding hydrogens is 518 g/mol. The molecule has 0 saturated carbocycles. The number of nitrogens with zero attached hydrogens (tertiary/aromatic N) is 4. The molecule has 4 N–H and O–H groups in total. The zero-order valence-corrected chi connectivity index (χ0v) is 23.0. The van der Waals surface area contributed by atoms with E-state index in [0.29, 0.717) is 42.5 Å². The Hall–Kier alpha value is -3.64. The maximum Gasteiger partial charge on any atom is 0.254 e. The molecule has 1 saturated heterocycles. The maximum atomic E-state index is 13.0. The largest absolute Gasteiger partial charge is 0.495 e. The van der Waals surface area contributed by atoms with Gasteiger partial charge in [0.1, 0.15) is 11.6 Å².